The molecule has 132 valence electrons. The number of hydrogen-bond donors (Lipinski definition) is 3. The molecule has 7 heteroatoms. The van der Waals surface area contributed by atoms with Crippen LogP contribution in [0.2, 0.25) is 10.0 Å². The van der Waals surface area contributed by atoms with E-state index in [1.807, 2.05) is 25.1 Å². The third-order valence-electron chi connectivity index (χ3n) is 3.59. The Kier molecular flexibility index (Phi) is 6.67. The van der Waals surface area contributed by atoms with Crippen molar-refractivity contribution in [3.05, 3.63) is 52.0 Å². The first-order valence-electron chi connectivity index (χ1n) is 7.79. The minimum Gasteiger partial charge on any atom is -0.376 e. The van der Waals surface area contributed by atoms with Crippen LogP contribution in [0.3, 0.4) is 0 Å². The van der Waals surface area contributed by atoms with Gasteiger partial charge in [-0.15, -0.1) is 0 Å². The first-order valence-corrected chi connectivity index (χ1v) is 8.55. The van der Waals surface area contributed by atoms with Crippen molar-refractivity contribution in [1.82, 2.24) is 0 Å². The largest absolute Gasteiger partial charge is 0.376 e. The summed E-state index contributed by atoms with van der Waals surface area (Å²) in [5.41, 5.74) is 2.80. The lowest BCUT2D eigenvalue weighted by Gasteiger charge is -2.14. The zero-order valence-corrected chi connectivity index (χ0v) is 15.5. The second-order valence-corrected chi connectivity index (χ2v) is 6.17. The van der Waals surface area contributed by atoms with Gasteiger partial charge in [-0.1, -0.05) is 42.3 Å². The van der Waals surface area contributed by atoms with Gasteiger partial charge < -0.3 is 16.0 Å². The van der Waals surface area contributed by atoms with Crippen LogP contribution >= 0.6 is 23.2 Å². The molecule has 0 saturated carbocycles. The van der Waals surface area contributed by atoms with Gasteiger partial charge >= 0.3 is 0 Å². The Bertz CT molecular complexity index is 794. The van der Waals surface area contributed by atoms with Crippen LogP contribution in [0.25, 0.3) is 0 Å². The van der Waals surface area contributed by atoms with E-state index in [-0.39, 0.29) is 18.4 Å². The topological polar surface area (TPSA) is 70.2 Å². The van der Waals surface area contributed by atoms with Crippen molar-refractivity contribution in [3.63, 3.8) is 0 Å². The minimum absolute atomic E-state index is 0.0505. The Morgan fingerprint density at radius 1 is 0.920 bits per heavy atom. The monoisotopic (exact) mass is 379 g/mol. The summed E-state index contributed by atoms with van der Waals surface area (Å²) in [4.78, 5) is 23.7. The van der Waals surface area contributed by atoms with E-state index in [2.05, 4.69) is 16.0 Å². The Morgan fingerprint density at radius 3 is 2.24 bits per heavy atom. The van der Waals surface area contributed by atoms with Crippen LogP contribution in [0, 0.1) is 6.92 Å². The van der Waals surface area contributed by atoms with E-state index >= 15 is 0 Å². The summed E-state index contributed by atoms with van der Waals surface area (Å²) in [7, 11) is 0. The van der Waals surface area contributed by atoms with Gasteiger partial charge in [-0.05, 0) is 36.8 Å². The first-order chi connectivity index (χ1) is 11.9. The lowest BCUT2D eigenvalue weighted by atomic mass is 10.1. The fourth-order valence-electron chi connectivity index (χ4n) is 2.17. The maximum absolute atomic E-state index is 12.1. The van der Waals surface area contributed by atoms with Gasteiger partial charge in [0.15, 0.2) is 0 Å². The van der Waals surface area contributed by atoms with E-state index < -0.39 is 0 Å². The minimum atomic E-state index is -0.258. The highest BCUT2D eigenvalue weighted by Gasteiger charge is 2.10. The molecule has 2 rings (SSSR count). The van der Waals surface area contributed by atoms with E-state index in [1.165, 1.54) is 0 Å². The molecule has 2 aromatic carbocycles. The average molecular weight is 380 g/mol. The van der Waals surface area contributed by atoms with Crippen molar-refractivity contribution >= 4 is 52.1 Å². The zero-order chi connectivity index (χ0) is 18.4. The molecule has 0 heterocycles. The van der Waals surface area contributed by atoms with Crippen LogP contribution in [0.4, 0.5) is 17.1 Å². The molecular weight excluding hydrogens is 361 g/mol. The van der Waals surface area contributed by atoms with Gasteiger partial charge in [0.2, 0.25) is 11.8 Å². The number of benzene rings is 2. The molecule has 2 amide bonds. The highest BCUT2D eigenvalue weighted by molar-refractivity contribution is 6.44. The van der Waals surface area contributed by atoms with Gasteiger partial charge in [0.1, 0.15) is 0 Å². The summed E-state index contributed by atoms with van der Waals surface area (Å²) in [6, 6.07) is 10.5. The fourth-order valence-corrected chi connectivity index (χ4v) is 2.52. The van der Waals surface area contributed by atoms with E-state index in [4.69, 9.17) is 23.2 Å². The van der Waals surface area contributed by atoms with Gasteiger partial charge in [0.05, 0.1) is 22.3 Å². The lowest BCUT2D eigenvalue weighted by molar-refractivity contribution is -0.116. The van der Waals surface area contributed by atoms with Crippen molar-refractivity contribution in [2.24, 2.45) is 0 Å². The van der Waals surface area contributed by atoms with Gasteiger partial charge in [-0.2, -0.15) is 0 Å². The molecule has 0 saturated heterocycles. The number of carbonyl (C=O) groups excluding carboxylic acids is 2. The lowest BCUT2D eigenvalue weighted by Crippen LogP contribution is -2.22. The summed E-state index contributed by atoms with van der Waals surface area (Å²) in [5, 5.41) is 9.28. The molecule has 0 aliphatic heterocycles. The number of hydrogen-bond acceptors (Lipinski definition) is 3. The maximum Gasteiger partial charge on any atom is 0.243 e. The average Bonchev–Trinajstić information content (AvgIpc) is 2.59. The number of rotatable bonds is 6. The zero-order valence-electron chi connectivity index (χ0n) is 14.0. The molecule has 5 nitrogen and oxygen atoms in total. The van der Waals surface area contributed by atoms with Crippen LogP contribution in [0.15, 0.2) is 36.4 Å². The number of nitrogens with one attached hydrogen (secondary N) is 3. The van der Waals surface area contributed by atoms with Crippen molar-refractivity contribution in [2.75, 3.05) is 22.5 Å². The second-order valence-electron chi connectivity index (χ2n) is 5.38. The predicted molar refractivity (Wildman–Crippen MR) is 104 cm³/mol. The molecule has 0 aliphatic rings. The van der Waals surface area contributed by atoms with E-state index in [9.17, 15) is 9.59 Å². The molecule has 0 spiro atoms. The van der Waals surface area contributed by atoms with E-state index in [0.717, 1.165) is 16.9 Å². The molecule has 0 bridgehead atoms. The predicted octanol–water partition coefficient (Wildman–Crippen LogP) is 4.70. The standard InChI is InChI=1S/C18H19Cl2N3O2/c1-3-16(24)22-14-8-5-7-13(11(14)2)21-10-17(25)23-15-9-4-6-12(19)18(15)20/h4-9,21H,3,10H2,1-2H3,(H,22,24)(H,23,25). The summed E-state index contributed by atoms with van der Waals surface area (Å²) in [5.74, 6) is -0.319. The second kappa shape index (κ2) is 8.74. The van der Waals surface area contributed by atoms with Crippen molar-refractivity contribution in [3.8, 4) is 0 Å². The normalized spacial score (nSPS) is 10.2. The smallest absolute Gasteiger partial charge is 0.243 e. The first kappa shape index (κ1) is 19.1. The molecule has 0 unspecified atom stereocenters. The molecule has 0 atom stereocenters. The maximum atomic E-state index is 12.1. The Hall–Kier alpha value is -2.24. The van der Waals surface area contributed by atoms with Crippen molar-refractivity contribution < 1.29 is 9.59 Å². The quantitative estimate of drug-likeness (QED) is 0.680. The van der Waals surface area contributed by atoms with Crippen LogP contribution in [0.5, 0.6) is 0 Å². The summed E-state index contributed by atoms with van der Waals surface area (Å²) < 4.78 is 0. The SMILES string of the molecule is CCC(=O)Nc1cccc(NCC(=O)Nc2cccc(Cl)c2Cl)c1C. The summed E-state index contributed by atoms with van der Waals surface area (Å²) in [6.07, 6.45) is 0.403. The van der Waals surface area contributed by atoms with Crippen molar-refractivity contribution in [2.45, 2.75) is 20.3 Å². The van der Waals surface area contributed by atoms with Gasteiger partial charge in [-0.3, -0.25) is 9.59 Å². The van der Waals surface area contributed by atoms with Crippen LogP contribution < -0.4 is 16.0 Å². The Labute approximate surface area is 156 Å². The van der Waals surface area contributed by atoms with E-state index in [0.29, 0.717) is 22.2 Å². The highest BCUT2D eigenvalue weighted by Crippen LogP contribution is 2.29. The third-order valence-corrected chi connectivity index (χ3v) is 4.41. The van der Waals surface area contributed by atoms with E-state index in [1.54, 1.807) is 25.1 Å². The van der Waals surface area contributed by atoms with Crippen LogP contribution in [-0.2, 0) is 9.59 Å². The van der Waals surface area contributed by atoms with Crippen LogP contribution in [0.1, 0.15) is 18.9 Å². The van der Waals surface area contributed by atoms with Crippen LogP contribution in [-0.4, -0.2) is 18.4 Å². The molecule has 0 aliphatic carbocycles. The molecule has 0 fully saturated rings. The number of amides is 2. The molecule has 3 N–H and O–H groups in total. The number of halogens is 2. The molecule has 0 aromatic heterocycles. The van der Waals surface area contributed by atoms with Crippen molar-refractivity contribution in [1.29, 1.82) is 0 Å². The van der Waals surface area contributed by atoms with Gasteiger partial charge in [-0.25, -0.2) is 0 Å². The third kappa shape index (κ3) is 5.11. The number of carbonyl (C=O) groups is 2. The summed E-state index contributed by atoms with van der Waals surface area (Å²) in [6.45, 7) is 3.71. The molecular formula is C18H19Cl2N3O2. The summed E-state index contributed by atoms with van der Waals surface area (Å²) >= 11 is 12.0. The number of anilines is 3. The fraction of sp³-hybridized carbons (Fsp3) is 0.222. The highest BCUT2D eigenvalue weighted by atomic mass is 35.5. The molecule has 25 heavy (non-hydrogen) atoms. The Balaban J connectivity index is 2.01. The molecule has 0 radical (unpaired) electrons. The Morgan fingerprint density at radius 2 is 1.52 bits per heavy atom. The van der Waals surface area contributed by atoms with Gasteiger partial charge in [0, 0.05) is 17.8 Å². The molecule has 2 aromatic rings. The van der Waals surface area contributed by atoms with Gasteiger partial charge in [0.25, 0.3) is 0 Å².